The lowest BCUT2D eigenvalue weighted by Gasteiger charge is -2.09. The van der Waals surface area contributed by atoms with Gasteiger partial charge >= 0.3 is 0 Å². The van der Waals surface area contributed by atoms with Gasteiger partial charge in [-0.3, -0.25) is 4.79 Å². The minimum Gasteiger partial charge on any atom is -0.481 e. The van der Waals surface area contributed by atoms with Gasteiger partial charge in [0.2, 0.25) is 0 Å². The quantitative estimate of drug-likeness (QED) is 0.335. The molecule has 4 nitrogen and oxygen atoms in total. The Morgan fingerprint density at radius 2 is 1.69 bits per heavy atom. The number of amides is 1. The van der Waals surface area contributed by atoms with Crippen molar-refractivity contribution < 1.29 is 9.53 Å². The normalized spacial score (nSPS) is 11.0. The highest BCUT2D eigenvalue weighted by Gasteiger charge is 2.10. The number of carbonyl (C=O) groups is 1. The number of carbonyl (C=O) groups excluding carboxylic acids is 1. The molecule has 1 amide bonds. The number of hydrazone groups is 1. The summed E-state index contributed by atoms with van der Waals surface area (Å²) in [6.45, 7) is -0.145. The van der Waals surface area contributed by atoms with Gasteiger partial charge < -0.3 is 4.74 Å². The monoisotopic (exact) mass is 538 g/mol. The van der Waals surface area contributed by atoms with Crippen molar-refractivity contribution in [3.8, 4) is 5.75 Å². The summed E-state index contributed by atoms with van der Waals surface area (Å²) in [5.74, 6) is 0.214. The van der Waals surface area contributed by atoms with Crippen LogP contribution in [0.3, 0.4) is 0 Å². The summed E-state index contributed by atoms with van der Waals surface area (Å²) < 4.78 is 7.92. The van der Waals surface area contributed by atoms with Gasteiger partial charge in [-0.15, -0.1) is 0 Å². The Kier molecular flexibility index (Phi) is 6.45. The van der Waals surface area contributed by atoms with E-state index >= 15 is 0 Å². The first-order valence-electron chi connectivity index (χ1n) is 7.61. The van der Waals surface area contributed by atoms with E-state index in [4.69, 9.17) is 4.74 Å². The second-order valence-corrected chi connectivity index (χ2v) is 8.01. The number of nitrogens with zero attached hydrogens (tertiary/aromatic N) is 1. The molecule has 0 saturated carbocycles. The predicted octanol–water partition coefficient (Wildman–Crippen LogP) is 5.66. The smallest absolute Gasteiger partial charge is 0.277 e. The minimum atomic E-state index is -0.344. The third kappa shape index (κ3) is 4.93. The molecule has 0 atom stereocenters. The summed E-state index contributed by atoms with van der Waals surface area (Å²) >= 11 is 10.2. The molecule has 0 heterocycles. The number of ether oxygens (including phenoxy) is 1. The Hall–Kier alpha value is -1.70. The van der Waals surface area contributed by atoms with Crippen LogP contribution < -0.4 is 10.2 Å². The maximum atomic E-state index is 11.9. The van der Waals surface area contributed by atoms with Crippen LogP contribution in [0.15, 0.2) is 73.1 Å². The van der Waals surface area contributed by atoms with Gasteiger partial charge in [-0.25, -0.2) is 5.43 Å². The molecule has 3 aromatic carbocycles. The molecule has 3 aromatic rings. The Bertz CT molecular complexity index is 966. The Labute approximate surface area is 176 Å². The summed E-state index contributed by atoms with van der Waals surface area (Å²) in [6.07, 6.45) is 1.61. The predicted molar refractivity (Wildman–Crippen MR) is 115 cm³/mol. The average Bonchev–Trinajstić information content (AvgIpc) is 2.60. The summed E-state index contributed by atoms with van der Waals surface area (Å²) in [5, 5.41) is 6.27. The molecule has 0 spiro atoms. The number of rotatable bonds is 5. The minimum absolute atomic E-state index is 0.145. The summed E-state index contributed by atoms with van der Waals surface area (Å²) in [5.41, 5.74) is 3.37. The molecule has 0 aliphatic rings. The van der Waals surface area contributed by atoms with E-state index in [1.165, 1.54) is 0 Å². The van der Waals surface area contributed by atoms with E-state index in [0.717, 1.165) is 29.8 Å². The lowest BCUT2D eigenvalue weighted by molar-refractivity contribution is -0.123. The Morgan fingerprint density at radius 1 is 1.00 bits per heavy atom. The van der Waals surface area contributed by atoms with Gasteiger partial charge in [0, 0.05) is 4.47 Å². The lowest BCUT2D eigenvalue weighted by Crippen LogP contribution is -2.24. The molecule has 0 aliphatic carbocycles. The first-order chi connectivity index (χ1) is 12.5. The first kappa shape index (κ1) is 19.1. The largest absolute Gasteiger partial charge is 0.481 e. The van der Waals surface area contributed by atoms with Crippen LogP contribution in [0.25, 0.3) is 10.8 Å². The highest BCUT2D eigenvalue weighted by molar-refractivity contribution is 9.11. The van der Waals surface area contributed by atoms with Crippen molar-refractivity contribution in [2.45, 2.75) is 0 Å². The standard InChI is InChI=1S/C19H13Br3N2O2/c20-15-8-16(21)19(17(22)9-15)26-11-18(25)24-23-10-12-5-6-13-3-1-2-4-14(13)7-12/h1-10H,11H2,(H,24,25)/b23-10+. The van der Waals surface area contributed by atoms with Crippen LogP contribution in [-0.4, -0.2) is 18.7 Å². The fraction of sp³-hybridized carbons (Fsp3) is 0.0526. The fourth-order valence-corrected chi connectivity index (χ4v) is 4.79. The molecule has 0 fully saturated rings. The van der Waals surface area contributed by atoms with E-state index in [9.17, 15) is 4.79 Å². The average molecular weight is 541 g/mol. The van der Waals surface area contributed by atoms with E-state index < -0.39 is 0 Å². The summed E-state index contributed by atoms with van der Waals surface area (Å²) in [6, 6.07) is 17.7. The molecule has 0 aliphatic heterocycles. The van der Waals surface area contributed by atoms with Crippen LogP contribution in [0.2, 0.25) is 0 Å². The fourth-order valence-electron chi connectivity index (χ4n) is 2.30. The number of nitrogens with one attached hydrogen (secondary N) is 1. The number of hydrogen-bond donors (Lipinski definition) is 1. The van der Waals surface area contributed by atoms with E-state index in [-0.39, 0.29) is 12.5 Å². The zero-order chi connectivity index (χ0) is 18.5. The highest BCUT2D eigenvalue weighted by atomic mass is 79.9. The number of hydrogen-bond acceptors (Lipinski definition) is 3. The van der Waals surface area contributed by atoms with Crippen LogP contribution in [0, 0.1) is 0 Å². The third-order valence-electron chi connectivity index (χ3n) is 3.49. The number of fused-ring (bicyclic) bond motifs is 1. The molecule has 26 heavy (non-hydrogen) atoms. The van der Waals surface area contributed by atoms with E-state index in [0.29, 0.717) is 5.75 Å². The van der Waals surface area contributed by atoms with Gasteiger partial charge in [0.05, 0.1) is 15.2 Å². The molecule has 0 saturated heterocycles. The van der Waals surface area contributed by atoms with Gasteiger partial charge in [-0.05, 0) is 66.4 Å². The molecule has 0 aromatic heterocycles. The van der Waals surface area contributed by atoms with Crippen molar-refractivity contribution in [3.63, 3.8) is 0 Å². The zero-order valence-corrected chi connectivity index (χ0v) is 18.1. The first-order valence-corrected chi connectivity index (χ1v) is 9.99. The molecule has 7 heteroatoms. The second kappa shape index (κ2) is 8.79. The van der Waals surface area contributed by atoms with Crippen LogP contribution in [-0.2, 0) is 4.79 Å². The molecule has 0 bridgehead atoms. The van der Waals surface area contributed by atoms with Gasteiger partial charge in [0.1, 0.15) is 5.75 Å². The van der Waals surface area contributed by atoms with E-state index in [1.807, 2.05) is 54.6 Å². The van der Waals surface area contributed by atoms with E-state index in [2.05, 4.69) is 58.3 Å². The van der Waals surface area contributed by atoms with Gasteiger partial charge in [0.25, 0.3) is 5.91 Å². The Morgan fingerprint density at radius 3 is 2.42 bits per heavy atom. The SMILES string of the molecule is O=C(COc1c(Br)cc(Br)cc1Br)N/N=C/c1ccc2ccccc2c1. The lowest BCUT2D eigenvalue weighted by atomic mass is 10.1. The molecule has 0 unspecified atom stereocenters. The van der Waals surface area contributed by atoms with Gasteiger partial charge in [0.15, 0.2) is 6.61 Å². The summed E-state index contributed by atoms with van der Waals surface area (Å²) in [4.78, 5) is 11.9. The summed E-state index contributed by atoms with van der Waals surface area (Å²) in [7, 11) is 0. The zero-order valence-electron chi connectivity index (χ0n) is 13.4. The molecule has 132 valence electrons. The van der Waals surface area contributed by atoms with Crippen LogP contribution >= 0.6 is 47.8 Å². The van der Waals surface area contributed by atoms with Crippen molar-refractivity contribution in [2.24, 2.45) is 5.10 Å². The molecular formula is C19H13Br3N2O2. The number of halogens is 3. The van der Waals surface area contributed by atoms with Crippen molar-refractivity contribution in [2.75, 3.05) is 6.61 Å². The maximum absolute atomic E-state index is 11.9. The van der Waals surface area contributed by atoms with Crippen LogP contribution in [0.1, 0.15) is 5.56 Å². The molecule has 1 N–H and O–H groups in total. The maximum Gasteiger partial charge on any atom is 0.277 e. The third-order valence-corrected chi connectivity index (χ3v) is 5.12. The second-order valence-electron chi connectivity index (χ2n) is 5.39. The van der Waals surface area contributed by atoms with Crippen molar-refractivity contribution in [3.05, 3.63) is 73.6 Å². The van der Waals surface area contributed by atoms with Crippen molar-refractivity contribution in [1.82, 2.24) is 5.43 Å². The van der Waals surface area contributed by atoms with E-state index in [1.54, 1.807) is 6.21 Å². The van der Waals surface area contributed by atoms with Gasteiger partial charge in [-0.2, -0.15) is 5.10 Å². The molecular weight excluding hydrogens is 528 g/mol. The molecule has 0 radical (unpaired) electrons. The van der Waals surface area contributed by atoms with Crippen molar-refractivity contribution in [1.29, 1.82) is 0 Å². The highest BCUT2D eigenvalue weighted by Crippen LogP contribution is 2.36. The van der Waals surface area contributed by atoms with Gasteiger partial charge in [-0.1, -0.05) is 52.3 Å². The topological polar surface area (TPSA) is 50.7 Å². The van der Waals surface area contributed by atoms with Crippen LogP contribution in [0.5, 0.6) is 5.75 Å². The van der Waals surface area contributed by atoms with Crippen molar-refractivity contribution >= 4 is 70.7 Å². The molecule has 3 rings (SSSR count). The van der Waals surface area contributed by atoms with Crippen LogP contribution in [0.4, 0.5) is 0 Å². The Balaban J connectivity index is 1.57. The number of benzene rings is 3.